The average molecular weight is 588 g/mol. The maximum Gasteiger partial charge on any atom is 0.137 e. The van der Waals surface area contributed by atoms with Crippen molar-refractivity contribution in [3.63, 3.8) is 0 Å². The predicted molar refractivity (Wildman–Crippen MR) is 194 cm³/mol. The second-order valence-corrected chi connectivity index (χ2v) is 11.7. The van der Waals surface area contributed by atoms with Gasteiger partial charge in [0.05, 0.1) is 11.4 Å². The molecule has 0 aliphatic rings. The Kier molecular flexibility index (Phi) is 6.17. The quantitative estimate of drug-likeness (QED) is 0.186. The molecule has 1 heterocycles. The molecule has 0 radical (unpaired) electrons. The summed E-state index contributed by atoms with van der Waals surface area (Å²) in [5, 5.41) is 8.47. The van der Waals surface area contributed by atoms with E-state index in [4.69, 9.17) is 4.42 Å². The average Bonchev–Trinajstić information content (AvgIpc) is 3.57. The maximum atomic E-state index is 6.47. The van der Waals surface area contributed by atoms with Crippen LogP contribution >= 0.6 is 0 Å². The van der Waals surface area contributed by atoms with Gasteiger partial charge in [0, 0.05) is 22.0 Å². The summed E-state index contributed by atoms with van der Waals surface area (Å²) < 4.78 is 6.47. The first-order valence-electron chi connectivity index (χ1n) is 15.7. The molecule has 2 nitrogen and oxygen atoms in total. The number of fused-ring (bicyclic) bond motifs is 5. The Labute approximate surface area is 267 Å². The summed E-state index contributed by atoms with van der Waals surface area (Å²) in [6.07, 6.45) is 0. The Morgan fingerprint density at radius 1 is 0.370 bits per heavy atom. The van der Waals surface area contributed by atoms with Gasteiger partial charge in [-0.25, -0.2) is 0 Å². The van der Waals surface area contributed by atoms with Gasteiger partial charge in [-0.15, -0.1) is 0 Å². The fourth-order valence-corrected chi connectivity index (χ4v) is 6.89. The number of para-hydroxylation sites is 2. The lowest BCUT2D eigenvalue weighted by Crippen LogP contribution is -2.12. The first-order chi connectivity index (χ1) is 22.8. The normalized spacial score (nSPS) is 11.5. The van der Waals surface area contributed by atoms with Crippen molar-refractivity contribution in [3.05, 3.63) is 176 Å². The minimum absolute atomic E-state index is 0.847. The van der Waals surface area contributed by atoms with Crippen molar-refractivity contribution in [2.45, 2.75) is 0 Å². The summed E-state index contributed by atoms with van der Waals surface area (Å²) in [7, 11) is 0. The molecule has 0 atom stereocenters. The molecule has 0 saturated heterocycles. The molecular weight excluding hydrogens is 558 g/mol. The van der Waals surface area contributed by atoms with Gasteiger partial charge in [0.15, 0.2) is 0 Å². The summed E-state index contributed by atoms with van der Waals surface area (Å²) in [5.74, 6) is 0.847. The molecule has 1 aromatic heterocycles. The second-order valence-electron chi connectivity index (χ2n) is 11.7. The van der Waals surface area contributed by atoms with Gasteiger partial charge in [0.2, 0.25) is 0 Å². The highest BCUT2D eigenvalue weighted by Crippen LogP contribution is 2.46. The minimum Gasteiger partial charge on any atom is -0.456 e. The highest BCUT2D eigenvalue weighted by molar-refractivity contribution is 6.15. The molecule has 9 rings (SSSR count). The van der Waals surface area contributed by atoms with E-state index in [0.717, 1.165) is 39.4 Å². The Balaban J connectivity index is 1.29. The smallest absolute Gasteiger partial charge is 0.137 e. The lowest BCUT2D eigenvalue weighted by Gasteiger charge is -2.29. The van der Waals surface area contributed by atoms with Gasteiger partial charge in [-0.1, -0.05) is 133 Å². The molecule has 0 fully saturated rings. The number of nitrogens with zero attached hydrogens (tertiary/aromatic N) is 1. The summed E-state index contributed by atoms with van der Waals surface area (Å²) in [6.45, 7) is 0. The van der Waals surface area contributed by atoms with E-state index in [0.29, 0.717) is 0 Å². The highest BCUT2D eigenvalue weighted by Gasteiger charge is 2.22. The number of hydrogen-bond acceptors (Lipinski definition) is 2. The SMILES string of the molecule is c1ccc(N(c2ccc(-c3cccc4ccccc34)cc2)c2cc3ccccc3c3ccccc23)c(-c2cc3ccccc3o2)c1. The largest absolute Gasteiger partial charge is 0.456 e. The number of anilines is 3. The lowest BCUT2D eigenvalue weighted by atomic mass is 9.97. The topological polar surface area (TPSA) is 16.4 Å². The van der Waals surface area contributed by atoms with E-state index in [9.17, 15) is 0 Å². The first kappa shape index (κ1) is 26.3. The number of rotatable bonds is 5. The lowest BCUT2D eigenvalue weighted by molar-refractivity contribution is 0.631. The van der Waals surface area contributed by atoms with Crippen LogP contribution in [0.2, 0.25) is 0 Å². The number of furan rings is 1. The third-order valence-electron chi connectivity index (χ3n) is 9.05. The molecule has 0 saturated carbocycles. The van der Waals surface area contributed by atoms with Gasteiger partial charge in [0.25, 0.3) is 0 Å². The van der Waals surface area contributed by atoms with Crippen LogP contribution in [0.1, 0.15) is 0 Å². The zero-order valence-corrected chi connectivity index (χ0v) is 25.1. The zero-order chi connectivity index (χ0) is 30.5. The van der Waals surface area contributed by atoms with Crippen LogP contribution in [0, 0.1) is 0 Å². The van der Waals surface area contributed by atoms with Crippen molar-refractivity contribution >= 4 is 60.3 Å². The highest BCUT2D eigenvalue weighted by atomic mass is 16.3. The molecule has 9 aromatic rings. The standard InChI is InChI=1S/C44H29NO/c1-4-16-35-30(12-1)15-11-21-36(35)31-24-26-34(27-25-31)45(42-28-32-13-2-5-17-37(32)38-18-6-7-19-39(38)42)41-22-9-8-20-40(41)44-29-33-14-3-10-23-43(33)46-44/h1-29H. The Morgan fingerprint density at radius 2 is 0.978 bits per heavy atom. The van der Waals surface area contributed by atoms with Crippen LogP contribution in [0.25, 0.3) is 65.7 Å². The van der Waals surface area contributed by atoms with E-state index >= 15 is 0 Å². The predicted octanol–water partition coefficient (Wildman–Crippen LogP) is 12.7. The van der Waals surface area contributed by atoms with E-state index < -0.39 is 0 Å². The van der Waals surface area contributed by atoms with Crippen molar-refractivity contribution < 1.29 is 4.42 Å². The van der Waals surface area contributed by atoms with Gasteiger partial charge in [-0.2, -0.15) is 0 Å². The fraction of sp³-hybridized carbons (Fsp3) is 0. The van der Waals surface area contributed by atoms with E-state index in [1.165, 1.54) is 43.4 Å². The summed E-state index contributed by atoms with van der Waals surface area (Å²) in [6, 6.07) is 62.7. The number of benzene rings is 8. The second kappa shape index (κ2) is 10.8. The molecule has 0 N–H and O–H groups in total. The van der Waals surface area contributed by atoms with E-state index in [2.05, 4.69) is 169 Å². The fourth-order valence-electron chi connectivity index (χ4n) is 6.89. The molecule has 0 bridgehead atoms. The van der Waals surface area contributed by atoms with Gasteiger partial charge in [-0.3, -0.25) is 0 Å². The van der Waals surface area contributed by atoms with E-state index in [1.54, 1.807) is 0 Å². The molecule has 0 amide bonds. The van der Waals surface area contributed by atoms with Gasteiger partial charge >= 0.3 is 0 Å². The zero-order valence-electron chi connectivity index (χ0n) is 25.1. The third kappa shape index (κ3) is 4.35. The maximum absolute atomic E-state index is 6.47. The molecule has 46 heavy (non-hydrogen) atoms. The Morgan fingerprint density at radius 3 is 1.80 bits per heavy atom. The molecule has 216 valence electrons. The van der Waals surface area contributed by atoms with Crippen molar-refractivity contribution in [3.8, 4) is 22.5 Å². The monoisotopic (exact) mass is 587 g/mol. The molecule has 0 unspecified atom stereocenters. The summed E-state index contributed by atoms with van der Waals surface area (Å²) in [4.78, 5) is 2.39. The van der Waals surface area contributed by atoms with Gasteiger partial charge < -0.3 is 9.32 Å². The van der Waals surface area contributed by atoms with E-state index in [1.807, 2.05) is 12.1 Å². The van der Waals surface area contributed by atoms with Crippen molar-refractivity contribution in [1.82, 2.24) is 0 Å². The van der Waals surface area contributed by atoms with Gasteiger partial charge in [0.1, 0.15) is 11.3 Å². The molecule has 0 aliphatic heterocycles. The van der Waals surface area contributed by atoms with Crippen LogP contribution < -0.4 is 4.90 Å². The van der Waals surface area contributed by atoms with Crippen LogP contribution in [0.4, 0.5) is 17.1 Å². The summed E-state index contributed by atoms with van der Waals surface area (Å²) in [5.41, 5.74) is 7.59. The molecular formula is C44H29NO. The molecule has 2 heteroatoms. The minimum atomic E-state index is 0.847. The van der Waals surface area contributed by atoms with Crippen molar-refractivity contribution in [2.75, 3.05) is 4.90 Å². The van der Waals surface area contributed by atoms with Crippen LogP contribution in [-0.2, 0) is 0 Å². The van der Waals surface area contributed by atoms with Gasteiger partial charge in [-0.05, 0) is 80.5 Å². The third-order valence-corrected chi connectivity index (χ3v) is 9.05. The van der Waals surface area contributed by atoms with Crippen LogP contribution in [0.3, 0.4) is 0 Å². The van der Waals surface area contributed by atoms with E-state index in [-0.39, 0.29) is 0 Å². The van der Waals surface area contributed by atoms with Crippen molar-refractivity contribution in [2.24, 2.45) is 0 Å². The van der Waals surface area contributed by atoms with Crippen LogP contribution in [-0.4, -0.2) is 0 Å². The number of hydrogen-bond donors (Lipinski definition) is 0. The first-order valence-corrected chi connectivity index (χ1v) is 15.7. The molecule has 0 spiro atoms. The van der Waals surface area contributed by atoms with Crippen LogP contribution in [0.15, 0.2) is 180 Å². The summed E-state index contributed by atoms with van der Waals surface area (Å²) >= 11 is 0. The molecule has 8 aromatic carbocycles. The Bertz CT molecular complexity index is 2500. The van der Waals surface area contributed by atoms with Crippen molar-refractivity contribution in [1.29, 1.82) is 0 Å². The molecule has 0 aliphatic carbocycles. The Hall–Kier alpha value is -6.12. The van der Waals surface area contributed by atoms with Crippen LogP contribution in [0.5, 0.6) is 0 Å².